The molecule has 0 aliphatic heterocycles. The molecular weight excluding hydrogens is 324 g/mol. The lowest BCUT2D eigenvalue weighted by molar-refractivity contribution is 0.415. The maximum atomic E-state index is 9.65. The SMILES string of the molecule is COc1ccc2nc(/C(C#N)=C\c3cccn3-c3ccccc3)[nH]c2c1. The molecule has 26 heavy (non-hydrogen) atoms. The summed E-state index contributed by atoms with van der Waals surface area (Å²) in [6.45, 7) is 0. The van der Waals surface area contributed by atoms with Gasteiger partial charge in [-0.1, -0.05) is 18.2 Å². The van der Waals surface area contributed by atoms with Crippen LogP contribution in [0.15, 0.2) is 66.9 Å². The number of fused-ring (bicyclic) bond motifs is 1. The van der Waals surface area contributed by atoms with E-state index in [1.807, 2.05) is 77.5 Å². The van der Waals surface area contributed by atoms with Crippen molar-refractivity contribution in [1.29, 1.82) is 5.26 Å². The van der Waals surface area contributed by atoms with Gasteiger partial charge in [0, 0.05) is 23.6 Å². The van der Waals surface area contributed by atoms with Gasteiger partial charge in [-0.3, -0.25) is 0 Å². The minimum Gasteiger partial charge on any atom is -0.497 e. The van der Waals surface area contributed by atoms with E-state index in [2.05, 4.69) is 16.0 Å². The fourth-order valence-electron chi connectivity index (χ4n) is 2.88. The van der Waals surface area contributed by atoms with Crippen LogP contribution in [0, 0.1) is 11.3 Å². The Kier molecular flexibility index (Phi) is 4.00. The van der Waals surface area contributed by atoms with Gasteiger partial charge in [0.05, 0.1) is 23.7 Å². The zero-order chi connectivity index (χ0) is 17.9. The van der Waals surface area contributed by atoms with E-state index in [0.29, 0.717) is 11.4 Å². The third kappa shape index (κ3) is 2.85. The minimum atomic E-state index is 0.469. The highest BCUT2D eigenvalue weighted by Crippen LogP contribution is 2.23. The van der Waals surface area contributed by atoms with Crippen LogP contribution >= 0.6 is 0 Å². The molecule has 1 N–H and O–H groups in total. The first-order valence-electron chi connectivity index (χ1n) is 8.17. The first kappa shape index (κ1) is 15.7. The lowest BCUT2D eigenvalue weighted by Crippen LogP contribution is -1.95. The van der Waals surface area contributed by atoms with E-state index in [9.17, 15) is 5.26 Å². The lowest BCUT2D eigenvalue weighted by atomic mass is 10.2. The molecule has 0 spiro atoms. The standard InChI is InChI=1S/C21H16N4O/c1-26-18-9-10-19-20(13-18)24-21(23-19)15(14-22)12-17-8-5-11-25(17)16-6-3-2-4-7-16/h2-13H,1H3,(H,23,24)/b15-12-. The van der Waals surface area contributed by atoms with Crippen LogP contribution in [0.4, 0.5) is 0 Å². The maximum absolute atomic E-state index is 9.65. The summed E-state index contributed by atoms with van der Waals surface area (Å²) in [7, 11) is 1.62. The highest BCUT2D eigenvalue weighted by molar-refractivity contribution is 5.90. The second-order valence-electron chi connectivity index (χ2n) is 5.78. The molecule has 2 aromatic carbocycles. The molecular formula is C21H16N4O. The van der Waals surface area contributed by atoms with Crippen molar-refractivity contribution in [2.45, 2.75) is 0 Å². The number of para-hydroxylation sites is 1. The molecule has 2 heterocycles. The highest BCUT2D eigenvalue weighted by Gasteiger charge is 2.10. The smallest absolute Gasteiger partial charge is 0.149 e. The molecule has 0 radical (unpaired) electrons. The predicted molar refractivity (Wildman–Crippen MR) is 102 cm³/mol. The van der Waals surface area contributed by atoms with Gasteiger partial charge in [0.2, 0.25) is 0 Å². The molecule has 0 aliphatic rings. The minimum absolute atomic E-state index is 0.469. The number of imidazole rings is 1. The topological polar surface area (TPSA) is 66.6 Å². The summed E-state index contributed by atoms with van der Waals surface area (Å²) in [5.41, 5.74) is 4.04. The number of aromatic amines is 1. The number of nitriles is 1. The fourth-order valence-corrected chi connectivity index (χ4v) is 2.88. The Balaban J connectivity index is 1.77. The Morgan fingerprint density at radius 1 is 1.15 bits per heavy atom. The van der Waals surface area contributed by atoms with Gasteiger partial charge in [-0.2, -0.15) is 5.26 Å². The number of benzene rings is 2. The molecule has 126 valence electrons. The Morgan fingerprint density at radius 2 is 2.00 bits per heavy atom. The molecule has 4 rings (SSSR count). The van der Waals surface area contributed by atoms with E-state index in [1.54, 1.807) is 7.11 Å². The second kappa shape index (κ2) is 6.61. The van der Waals surface area contributed by atoms with Gasteiger partial charge in [0.15, 0.2) is 0 Å². The predicted octanol–water partition coefficient (Wildman–Crippen LogP) is 4.43. The molecule has 0 fully saturated rings. The van der Waals surface area contributed by atoms with E-state index < -0.39 is 0 Å². The zero-order valence-electron chi connectivity index (χ0n) is 14.2. The molecule has 5 nitrogen and oxygen atoms in total. The Hall–Kier alpha value is -3.78. The molecule has 0 aliphatic carbocycles. The summed E-state index contributed by atoms with van der Waals surface area (Å²) < 4.78 is 7.27. The Morgan fingerprint density at radius 3 is 2.77 bits per heavy atom. The lowest BCUT2D eigenvalue weighted by Gasteiger charge is -2.06. The van der Waals surface area contributed by atoms with Gasteiger partial charge in [-0.05, 0) is 42.5 Å². The van der Waals surface area contributed by atoms with Gasteiger partial charge < -0.3 is 14.3 Å². The van der Waals surface area contributed by atoms with Crippen LogP contribution in [0.1, 0.15) is 11.5 Å². The number of methoxy groups -OCH3 is 1. The normalized spacial score (nSPS) is 11.5. The average molecular weight is 340 g/mol. The first-order chi connectivity index (χ1) is 12.8. The van der Waals surface area contributed by atoms with Crippen LogP contribution in [0.5, 0.6) is 5.75 Å². The number of hydrogen-bond acceptors (Lipinski definition) is 3. The fraction of sp³-hybridized carbons (Fsp3) is 0.0476. The van der Waals surface area contributed by atoms with Crippen molar-refractivity contribution in [3.8, 4) is 17.5 Å². The third-order valence-electron chi connectivity index (χ3n) is 4.17. The van der Waals surface area contributed by atoms with Crippen LogP contribution in [-0.4, -0.2) is 21.6 Å². The number of nitrogens with one attached hydrogen (secondary N) is 1. The van der Waals surface area contributed by atoms with E-state index in [0.717, 1.165) is 28.2 Å². The van der Waals surface area contributed by atoms with Gasteiger partial charge in [-0.15, -0.1) is 0 Å². The number of hydrogen-bond donors (Lipinski definition) is 1. The number of nitrogens with zero attached hydrogens (tertiary/aromatic N) is 3. The van der Waals surface area contributed by atoms with E-state index >= 15 is 0 Å². The summed E-state index contributed by atoms with van der Waals surface area (Å²) >= 11 is 0. The molecule has 4 aromatic rings. The molecule has 0 saturated carbocycles. The Labute approximate surface area is 150 Å². The molecule has 5 heteroatoms. The molecule has 0 atom stereocenters. The van der Waals surface area contributed by atoms with Crippen LogP contribution < -0.4 is 4.74 Å². The van der Waals surface area contributed by atoms with Gasteiger partial charge in [0.1, 0.15) is 17.6 Å². The van der Waals surface area contributed by atoms with Gasteiger partial charge in [-0.25, -0.2) is 4.98 Å². The maximum Gasteiger partial charge on any atom is 0.149 e. The average Bonchev–Trinajstić information content (AvgIpc) is 3.32. The van der Waals surface area contributed by atoms with Crippen LogP contribution in [0.25, 0.3) is 28.4 Å². The van der Waals surface area contributed by atoms with Gasteiger partial charge >= 0.3 is 0 Å². The third-order valence-corrected chi connectivity index (χ3v) is 4.17. The summed E-state index contributed by atoms with van der Waals surface area (Å²) in [5, 5.41) is 9.65. The zero-order valence-corrected chi connectivity index (χ0v) is 14.2. The van der Waals surface area contributed by atoms with E-state index in [1.165, 1.54) is 0 Å². The highest BCUT2D eigenvalue weighted by atomic mass is 16.5. The molecule has 0 amide bonds. The summed E-state index contributed by atoms with van der Waals surface area (Å²) in [6, 6.07) is 21.8. The van der Waals surface area contributed by atoms with Crippen molar-refractivity contribution in [3.05, 3.63) is 78.4 Å². The number of aromatic nitrogens is 3. The van der Waals surface area contributed by atoms with Crippen molar-refractivity contribution < 1.29 is 4.74 Å². The second-order valence-corrected chi connectivity index (χ2v) is 5.78. The number of rotatable bonds is 4. The Bertz CT molecular complexity index is 1130. The van der Waals surface area contributed by atoms with Crippen molar-refractivity contribution >= 4 is 22.7 Å². The number of ether oxygens (including phenoxy) is 1. The number of H-pyrrole nitrogens is 1. The molecule has 0 saturated heterocycles. The van der Waals surface area contributed by atoms with Crippen LogP contribution in [-0.2, 0) is 0 Å². The van der Waals surface area contributed by atoms with Crippen molar-refractivity contribution in [2.24, 2.45) is 0 Å². The first-order valence-corrected chi connectivity index (χ1v) is 8.17. The summed E-state index contributed by atoms with van der Waals surface area (Å²) in [6.07, 6.45) is 3.81. The van der Waals surface area contributed by atoms with E-state index in [4.69, 9.17) is 4.74 Å². The van der Waals surface area contributed by atoms with Crippen molar-refractivity contribution in [3.63, 3.8) is 0 Å². The van der Waals surface area contributed by atoms with Crippen molar-refractivity contribution in [1.82, 2.24) is 14.5 Å². The summed E-state index contributed by atoms with van der Waals surface area (Å²) in [4.78, 5) is 7.73. The van der Waals surface area contributed by atoms with Crippen LogP contribution in [0.3, 0.4) is 0 Å². The van der Waals surface area contributed by atoms with Crippen molar-refractivity contribution in [2.75, 3.05) is 7.11 Å². The molecule has 2 aromatic heterocycles. The molecule has 0 unspecified atom stereocenters. The van der Waals surface area contributed by atoms with E-state index in [-0.39, 0.29) is 0 Å². The van der Waals surface area contributed by atoms with Crippen LogP contribution in [0.2, 0.25) is 0 Å². The number of allylic oxidation sites excluding steroid dienone is 1. The quantitative estimate of drug-likeness (QED) is 0.559. The largest absolute Gasteiger partial charge is 0.497 e. The monoisotopic (exact) mass is 340 g/mol. The molecule has 0 bridgehead atoms. The van der Waals surface area contributed by atoms with Gasteiger partial charge in [0.25, 0.3) is 0 Å². The summed E-state index contributed by atoms with van der Waals surface area (Å²) in [5.74, 6) is 1.28.